The Labute approximate surface area is 189 Å². The number of ketones is 1. The van der Waals surface area contributed by atoms with E-state index >= 15 is 0 Å². The number of thiophene rings is 1. The van der Waals surface area contributed by atoms with Gasteiger partial charge in [-0.25, -0.2) is 4.79 Å². The predicted octanol–water partition coefficient (Wildman–Crippen LogP) is 6.61. The molecule has 5 nitrogen and oxygen atoms in total. The smallest absolute Gasteiger partial charge is 0.327 e. The quantitative estimate of drug-likeness (QED) is 0.462. The highest BCUT2D eigenvalue weighted by Crippen LogP contribution is 2.46. The van der Waals surface area contributed by atoms with Crippen molar-refractivity contribution >= 4 is 51.8 Å². The first-order valence-electron chi connectivity index (χ1n) is 10.1. The highest BCUT2D eigenvalue weighted by molar-refractivity contribution is 7.10. The van der Waals surface area contributed by atoms with E-state index in [0.717, 1.165) is 29.1 Å². The number of halogens is 1. The van der Waals surface area contributed by atoms with Gasteiger partial charge in [-0.2, -0.15) is 0 Å². The molecule has 0 bridgehead atoms. The number of nitrogens with zero attached hydrogens (tertiary/aromatic N) is 1. The maximum atomic E-state index is 13.7. The molecule has 0 fully saturated rings. The Morgan fingerprint density at radius 3 is 2.68 bits per heavy atom. The van der Waals surface area contributed by atoms with Crippen LogP contribution in [0.1, 0.15) is 30.2 Å². The van der Waals surface area contributed by atoms with Crippen LogP contribution < -0.4 is 15.5 Å². The molecule has 2 N–H and O–H groups in total. The maximum Gasteiger partial charge on any atom is 0.327 e. The molecule has 2 heterocycles. The highest BCUT2D eigenvalue weighted by atomic mass is 35.5. The maximum absolute atomic E-state index is 13.7. The van der Waals surface area contributed by atoms with Crippen LogP contribution in [-0.2, 0) is 4.79 Å². The van der Waals surface area contributed by atoms with Crippen LogP contribution in [0.5, 0.6) is 0 Å². The molecule has 0 saturated carbocycles. The van der Waals surface area contributed by atoms with Crippen molar-refractivity contribution in [1.82, 2.24) is 0 Å². The molecule has 0 spiro atoms. The average Bonchev–Trinajstić information content (AvgIpc) is 3.25. The van der Waals surface area contributed by atoms with Gasteiger partial charge in [0.15, 0.2) is 5.78 Å². The summed E-state index contributed by atoms with van der Waals surface area (Å²) >= 11 is 7.84. The van der Waals surface area contributed by atoms with Crippen molar-refractivity contribution in [2.45, 2.75) is 25.3 Å². The number of benzene rings is 2. The van der Waals surface area contributed by atoms with Crippen LogP contribution in [0.25, 0.3) is 0 Å². The third-order valence-corrected chi connectivity index (χ3v) is 6.84. The van der Waals surface area contributed by atoms with Crippen molar-refractivity contribution in [3.8, 4) is 0 Å². The van der Waals surface area contributed by atoms with Crippen LogP contribution in [0.2, 0.25) is 5.02 Å². The lowest BCUT2D eigenvalue weighted by atomic mass is 9.88. The Balaban J connectivity index is 1.69. The zero-order valence-electron chi connectivity index (χ0n) is 16.6. The molecule has 2 aliphatic rings. The lowest BCUT2D eigenvalue weighted by Crippen LogP contribution is -2.40. The first-order valence-corrected chi connectivity index (χ1v) is 11.4. The van der Waals surface area contributed by atoms with Crippen LogP contribution in [0, 0.1) is 0 Å². The van der Waals surface area contributed by atoms with E-state index in [2.05, 4.69) is 10.6 Å². The molecule has 2 amide bonds. The summed E-state index contributed by atoms with van der Waals surface area (Å²) in [6.07, 6.45) is 2.06. The van der Waals surface area contributed by atoms with E-state index in [4.69, 9.17) is 11.6 Å². The van der Waals surface area contributed by atoms with Gasteiger partial charge >= 0.3 is 6.03 Å². The molecule has 31 heavy (non-hydrogen) atoms. The summed E-state index contributed by atoms with van der Waals surface area (Å²) in [5.41, 5.74) is 3.61. The number of hydrogen-bond acceptors (Lipinski definition) is 4. The van der Waals surface area contributed by atoms with E-state index in [-0.39, 0.29) is 11.8 Å². The van der Waals surface area contributed by atoms with Crippen LogP contribution >= 0.6 is 22.9 Å². The van der Waals surface area contributed by atoms with Crippen molar-refractivity contribution in [3.05, 3.63) is 87.2 Å². The Morgan fingerprint density at radius 2 is 1.87 bits per heavy atom. The molecule has 1 aliphatic carbocycles. The van der Waals surface area contributed by atoms with Gasteiger partial charge in [0.1, 0.15) is 6.04 Å². The number of Topliss-reactive ketones (excluding diaryl/α,β-unsaturated/α-hetero) is 1. The molecule has 0 unspecified atom stereocenters. The topological polar surface area (TPSA) is 61.4 Å². The Bertz CT molecular complexity index is 1190. The van der Waals surface area contributed by atoms with E-state index in [1.54, 1.807) is 17.0 Å². The van der Waals surface area contributed by atoms with Gasteiger partial charge in [-0.15, -0.1) is 11.3 Å². The Morgan fingerprint density at radius 1 is 1.06 bits per heavy atom. The van der Waals surface area contributed by atoms with Crippen molar-refractivity contribution in [3.63, 3.8) is 0 Å². The van der Waals surface area contributed by atoms with E-state index in [1.807, 2.05) is 53.9 Å². The fraction of sp³-hybridized carbons (Fsp3) is 0.167. The predicted molar refractivity (Wildman–Crippen MR) is 126 cm³/mol. The number of fused-ring (bicyclic) bond motifs is 1. The molecule has 0 radical (unpaired) electrons. The number of urea groups is 1. The third kappa shape index (κ3) is 3.62. The van der Waals surface area contributed by atoms with Crippen LogP contribution in [-0.4, -0.2) is 11.8 Å². The van der Waals surface area contributed by atoms with Gasteiger partial charge in [0.25, 0.3) is 0 Å². The number of nitrogens with one attached hydrogen (secondary N) is 2. The van der Waals surface area contributed by atoms with Gasteiger partial charge in [-0.1, -0.05) is 41.9 Å². The third-order valence-electron chi connectivity index (χ3n) is 5.58. The fourth-order valence-corrected chi connectivity index (χ4v) is 5.22. The summed E-state index contributed by atoms with van der Waals surface area (Å²) in [6, 6.07) is 17.9. The van der Waals surface area contributed by atoms with Gasteiger partial charge in [0, 0.05) is 22.6 Å². The molecule has 1 aromatic heterocycles. The summed E-state index contributed by atoms with van der Waals surface area (Å²) in [6.45, 7) is 0. The average molecular weight is 450 g/mol. The molecule has 1 aliphatic heterocycles. The first-order chi connectivity index (χ1) is 15.1. The van der Waals surface area contributed by atoms with Gasteiger partial charge < -0.3 is 10.6 Å². The largest absolute Gasteiger partial charge is 0.357 e. The molecule has 5 rings (SSSR count). The van der Waals surface area contributed by atoms with Gasteiger partial charge in [-0.05, 0) is 48.6 Å². The van der Waals surface area contributed by atoms with Crippen LogP contribution in [0.15, 0.2) is 77.3 Å². The molecule has 3 aromatic rings. The van der Waals surface area contributed by atoms with Crippen molar-refractivity contribution in [1.29, 1.82) is 0 Å². The molecule has 156 valence electrons. The second-order valence-corrected chi connectivity index (χ2v) is 8.90. The van der Waals surface area contributed by atoms with Crippen LogP contribution in [0.4, 0.5) is 21.9 Å². The number of carbonyl (C=O) groups is 2. The molecular weight excluding hydrogens is 430 g/mol. The van der Waals surface area contributed by atoms with E-state index in [0.29, 0.717) is 28.4 Å². The number of allylic oxidation sites excluding steroid dienone is 1. The minimum atomic E-state index is -0.513. The summed E-state index contributed by atoms with van der Waals surface area (Å²) in [5, 5.41) is 8.83. The minimum Gasteiger partial charge on any atom is -0.357 e. The second-order valence-electron chi connectivity index (χ2n) is 7.51. The van der Waals surface area contributed by atoms with Crippen molar-refractivity contribution < 1.29 is 9.59 Å². The van der Waals surface area contributed by atoms with Gasteiger partial charge in [-0.3, -0.25) is 9.69 Å². The lowest BCUT2D eigenvalue weighted by Gasteiger charge is -2.33. The molecule has 0 saturated heterocycles. The zero-order valence-corrected chi connectivity index (χ0v) is 18.2. The van der Waals surface area contributed by atoms with Gasteiger partial charge in [0.05, 0.1) is 22.1 Å². The standard InChI is InChI=1S/C24H20ClN3O2S/c25-15-7-1-2-8-16(15)27-24(30)28-19-11-4-3-9-17(19)26-18-10-5-12-20(29)22(18)23(28)21-13-6-14-31-21/h1-4,6-9,11,13-14,23,26H,5,10,12H2,(H,27,30)/t23-/m0/s1. The van der Waals surface area contributed by atoms with Crippen LogP contribution in [0.3, 0.4) is 0 Å². The second kappa shape index (κ2) is 8.21. The van der Waals surface area contributed by atoms with E-state index < -0.39 is 6.04 Å². The number of amides is 2. The molecular formula is C24H20ClN3O2S. The lowest BCUT2D eigenvalue weighted by molar-refractivity contribution is -0.116. The van der Waals surface area contributed by atoms with Crippen molar-refractivity contribution in [2.75, 3.05) is 15.5 Å². The van der Waals surface area contributed by atoms with E-state index in [1.165, 1.54) is 11.3 Å². The summed E-state index contributed by atoms with van der Waals surface area (Å²) < 4.78 is 0. The number of carbonyl (C=O) groups excluding carboxylic acids is 2. The molecule has 2 aromatic carbocycles. The number of hydrogen-bond donors (Lipinski definition) is 2. The Kier molecular flexibility index (Phi) is 5.26. The normalized spacial score (nSPS) is 18.0. The van der Waals surface area contributed by atoms with E-state index in [9.17, 15) is 9.59 Å². The monoisotopic (exact) mass is 449 g/mol. The fourth-order valence-electron chi connectivity index (χ4n) is 4.21. The number of rotatable bonds is 2. The Hall–Kier alpha value is -3.09. The summed E-state index contributed by atoms with van der Waals surface area (Å²) in [4.78, 5) is 29.5. The number of anilines is 3. The molecule has 1 atom stereocenters. The highest BCUT2D eigenvalue weighted by Gasteiger charge is 2.40. The first kappa shape index (κ1) is 19.8. The summed E-state index contributed by atoms with van der Waals surface area (Å²) in [7, 11) is 0. The SMILES string of the molecule is O=C1CCCC2=C1[C@H](c1cccs1)N(C(=O)Nc1ccccc1Cl)c1ccccc1N2. The molecule has 7 heteroatoms. The van der Waals surface area contributed by atoms with Gasteiger partial charge in [0.2, 0.25) is 0 Å². The zero-order chi connectivity index (χ0) is 21.4. The minimum absolute atomic E-state index is 0.0792. The van der Waals surface area contributed by atoms with Crippen molar-refractivity contribution in [2.24, 2.45) is 0 Å². The number of para-hydroxylation sites is 3. The summed E-state index contributed by atoms with van der Waals surface area (Å²) in [5.74, 6) is 0.0792.